The van der Waals surface area contributed by atoms with Gasteiger partial charge in [0.15, 0.2) is 5.76 Å². The number of allylic oxidation sites excluding steroid dienone is 1. The van der Waals surface area contributed by atoms with E-state index >= 15 is 0 Å². The quantitative estimate of drug-likeness (QED) is 0.223. The fourth-order valence-corrected chi connectivity index (χ4v) is 4.88. The fourth-order valence-electron chi connectivity index (χ4n) is 4.88. The van der Waals surface area contributed by atoms with Crippen molar-refractivity contribution < 1.29 is 9.26 Å². The lowest BCUT2D eigenvalue weighted by atomic mass is 9.91. The van der Waals surface area contributed by atoms with E-state index in [-0.39, 0.29) is 12.4 Å². The van der Waals surface area contributed by atoms with E-state index in [1.807, 2.05) is 13.0 Å². The van der Waals surface area contributed by atoms with E-state index in [0.29, 0.717) is 11.3 Å². The van der Waals surface area contributed by atoms with Crippen LogP contribution in [0.2, 0.25) is 0 Å². The first kappa shape index (κ1) is 26.9. The van der Waals surface area contributed by atoms with Crippen molar-refractivity contribution in [1.29, 1.82) is 0 Å². The van der Waals surface area contributed by atoms with Crippen LogP contribution in [0.4, 0.5) is 0 Å². The van der Waals surface area contributed by atoms with Crippen LogP contribution in [0.5, 0.6) is 0 Å². The molecule has 0 radical (unpaired) electrons. The molecular formula is C28H42ClN3O2. The van der Waals surface area contributed by atoms with E-state index in [1.165, 1.54) is 64.6 Å². The van der Waals surface area contributed by atoms with E-state index in [0.717, 1.165) is 48.3 Å². The van der Waals surface area contributed by atoms with Crippen molar-refractivity contribution in [3.8, 4) is 11.8 Å². The largest absolute Gasteiger partial charge is 0.493 e. The average molecular weight is 488 g/mol. The summed E-state index contributed by atoms with van der Waals surface area (Å²) in [5, 5.41) is 4.40. The summed E-state index contributed by atoms with van der Waals surface area (Å²) in [6.45, 7) is 11.0. The van der Waals surface area contributed by atoms with Gasteiger partial charge in [0.1, 0.15) is 5.76 Å². The summed E-state index contributed by atoms with van der Waals surface area (Å²) in [6.07, 6.45) is 11.6. The van der Waals surface area contributed by atoms with E-state index in [9.17, 15) is 0 Å². The molecule has 188 valence electrons. The van der Waals surface area contributed by atoms with Gasteiger partial charge in [0.25, 0.3) is 0 Å². The molecule has 2 heterocycles. The number of aromatic nitrogens is 1. The second-order valence-corrected chi connectivity index (χ2v) is 10.6. The molecule has 0 bridgehead atoms. The lowest BCUT2D eigenvalue weighted by molar-refractivity contribution is 0.162. The van der Waals surface area contributed by atoms with Crippen LogP contribution in [0.25, 0.3) is 5.57 Å². The Bertz CT molecular complexity index is 894. The molecule has 1 aliphatic heterocycles. The van der Waals surface area contributed by atoms with Crippen LogP contribution in [0.15, 0.2) is 29.0 Å². The van der Waals surface area contributed by atoms with Crippen molar-refractivity contribution in [3.05, 3.63) is 35.9 Å². The average Bonchev–Trinajstić information content (AvgIpc) is 3.72. The van der Waals surface area contributed by atoms with E-state index in [1.54, 1.807) is 0 Å². The van der Waals surface area contributed by atoms with Gasteiger partial charge in [-0.2, -0.15) is 0 Å². The standard InChI is InChI=1S/C28H41N3O2.ClH/c1-5-13-28(14-15-28)21-31-16-11-22(12-17-31)9-10-24-18-27(33-29-24)25(19-30(3)4)26(6-2)32-20-23-7-8-23;/h6,18,22-23H,2,7-12,14-17,19-21H2,1,3-4H3;1H/b26-25+;. The molecule has 5 nitrogen and oxygen atoms in total. The Balaban J connectivity index is 0.00000324. The molecule has 0 spiro atoms. The minimum absolute atomic E-state index is 0. The molecule has 3 fully saturated rings. The number of hydrogen-bond donors (Lipinski definition) is 0. The first-order chi connectivity index (χ1) is 16.0. The summed E-state index contributed by atoms with van der Waals surface area (Å²) in [4.78, 5) is 4.77. The number of ether oxygens (including phenoxy) is 1. The van der Waals surface area contributed by atoms with Crippen LogP contribution in [0.3, 0.4) is 0 Å². The molecule has 2 saturated carbocycles. The number of likely N-dealkylation sites (tertiary alicyclic amines) is 1. The molecule has 2 aliphatic carbocycles. The Morgan fingerprint density at radius 2 is 2.00 bits per heavy atom. The van der Waals surface area contributed by atoms with Crippen LogP contribution < -0.4 is 0 Å². The van der Waals surface area contributed by atoms with Gasteiger partial charge in [0.05, 0.1) is 17.9 Å². The Morgan fingerprint density at radius 3 is 2.59 bits per heavy atom. The maximum atomic E-state index is 6.10. The number of nitrogens with zero attached hydrogens (tertiary/aromatic N) is 3. The van der Waals surface area contributed by atoms with Crippen LogP contribution in [-0.4, -0.2) is 61.8 Å². The van der Waals surface area contributed by atoms with E-state index in [4.69, 9.17) is 9.26 Å². The Morgan fingerprint density at radius 1 is 1.26 bits per heavy atom. The Hall–Kier alpha value is -1.74. The van der Waals surface area contributed by atoms with E-state index < -0.39 is 0 Å². The summed E-state index contributed by atoms with van der Waals surface area (Å²) in [5.41, 5.74) is 2.40. The van der Waals surface area contributed by atoms with Crippen LogP contribution in [0, 0.1) is 29.1 Å². The third-order valence-electron chi connectivity index (χ3n) is 7.27. The van der Waals surface area contributed by atoms with Crippen LogP contribution >= 0.6 is 12.4 Å². The van der Waals surface area contributed by atoms with Crippen molar-refractivity contribution in [2.75, 3.05) is 46.9 Å². The summed E-state index contributed by atoms with van der Waals surface area (Å²) in [5.74, 6) is 9.71. The molecular weight excluding hydrogens is 446 g/mol. The molecule has 0 unspecified atom stereocenters. The van der Waals surface area contributed by atoms with Crippen molar-refractivity contribution in [3.63, 3.8) is 0 Å². The highest BCUT2D eigenvalue weighted by Gasteiger charge is 2.42. The zero-order valence-electron chi connectivity index (χ0n) is 21.3. The van der Waals surface area contributed by atoms with Gasteiger partial charge in [-0.15, -0.1) is 18.3 Å². The predicted octanol–water partition coefficient (Wildman–Crippen LogP) is 5.43. The second-order valence-electron chi connectivity index (χ2n) is 10.6. The van der Waals surface area contributed by atoms with Crippen LogP contribution in [0.1, 0.15) is 63.3 Å². The number of piperidine rings is 1. The van der Waals surface area contributed by atoms with Gasteiger partial charge in [-0.3, -0.25) is 0 Å². The minimum atomic E-state index is 0. The third-order valence-corrected chi connectivity index (χ3v) is 7.27. The van der Waals surface area contributed by atoms with Crippen molar-refractivity contribution >= 4 is 18.0 Å². The van der Waals surface area contributed by atoms with Gasteiger partial charge in [-0.1, -0.05) is 17.7 Å². The van der Waals surface area contributed by atoms with Crippen molar-refractivity contribution in [2.24, 2.45) is 17.3 Å². The highest BCUT2D eigenvalue weighted by Crippen LogP contribution is 2.46. The fraction of sp³-hybridized carbons (Fsp3) is 0.679. The lowest BCUT2D eigenvalue weighted by Crippen LogP contribution is -2.37. The maximum Gasteiger partial charge on any atom is 0.168 e. The Kier molecular flexibility index (Phi) is 9.71. The lowest BCUT2D eigenvalue weighted by Gasteiger charge is -2.33. The molecule has 0 atom stereocenters. The van der Waals surface area contributed by atoms with Gasteiger partial charge in [-0.05, 0) is 103 Å². The molecule has 1 aromatic rings. The summed E-state index contributed by atoms with van der Waals surface area (Å²) < 4.78 is 11.9. The zero-order valence-corrected chi connectivity index (χ0v) is 22.1. The third kappa shape index (κ3) is 7.63. The molecule has 4 rings (SSSR count). The summed E-state index contributed by atoms with van der Waals surface area (Å²) in [6, 6.07) is 2.11. The molecule has 1 aromatic heterocycles. The first-order valence-corrected chi connectivity index (χ1v) is 12.8. The van der Waals surface area contributed by atoms with Gasteiger partial charge in [0.2, 0.25) is 0 Å². The van der Waals surface area contributed by atoms with Gasteiger partial charge >= 0.3 is 0 Å². The molecule has 0 aromatic carbocycles. The smallest absolute Gasteiger partial charge is 0.168 e. The van der Waals surface area contributed by atoms with Gasteiger partial charge < -0.3 is 19.1 Å². The second kappa shape index (κ2) is 12.3. The van der Waals surface area contributed by atoms with Gasteiger partial charge in [-0.25, -0.2) is 0 Å². The maximum absolute atomic E-state index is 6.10. The molecule has 0 amide bonds. The molecule has 1 saturated heterocycles. The zero-order chi connectivity index (χ0) is 23.3. The minimum Gasteiger partial charge on any atom is -0.493 e. The monoisotopic (exact) mass is 487 g/mol. The molecule has 0 N–H and O–H groups in total. The summed E-state index contributed by atoms with van der Waals surface area (Å²) >= 11 is 0. The molecule has 34 heavy (non-hydrogen) atoms. The highest BCUT2D eigenvalue weighted by molar-refractivity contribution is 5.85. The number of rotatable bonds is 12. The number of hydrogen-bond acceptors (Lipinski definition) is 5. The highest BCUT2D eigenvalue weighted by atomic mass is 35.5. The number of halogens is 1. The van der Waals surface area contributed by atoms with E-state index in [2.05, 4.69) is 53.5 Å². The topological polar surface area (TPSA) is 41.7 Å². The van der Waals surface area contributed by atoms with Crippen LogP contribution in [-0.2, 0) is 11.2 Å². The Labute approximate surface area is 212 Å². The summed E-state index contributed by atoms with van der Waals surface area (Å²) in [7, 11) is 4.12. The number of likely N-dealkylation sites (N-methyl/N-ethyl adjacent to an activating group) is 1. The molecule has 6 heteroatoms. The van der Waals surface area contributed by atoms with Crippen molar-refractivity contribution in [2.45, 2.75) is 58.3 Å². The first-order valence-electron chi connectivity index (χ1n) is 12.8. The predicted molar refractivity (Wildman–Crippen MR) is 141 cm³/mol. The normalized spacial score (nSPS) is 20.7. The van der Waals surface area contributed by atoms with Gasteiger partial charge in [0, 0.05) is 24.6 Å². The number of aryl methyl sites for hydroxylation is 1. The SMILES string of the molecule is C=C/C(OCC1CC1)=C(/CN(C)C)c1cc(CCC2CCN(CC3(C#CC)CC3)CC2)no1.Cl. The molecule has 3 aliphatic rings. The van der Waals surface area contributed by atoms with Crippen molar-refractivity contribution in [1.82, 2.24) is 15.0 Å².